The molecule has 5 nitrogen and oxygen atoms in total. The number of hydrogen-bond donors (Lipinski definition) is 1. The number of carbonyl (C=O) groups excluding carboxylic acids is 1. The fourth-order valence-electron chi connectivity index (χ4n) is 3.16. The Labute approximate surface area is 179 Å². The number of nitrogens with one attached hydrogen (secondary N) is 1. The van der Waals surface area contributed by atoms with Crippen LogP contribution in [0.15, 0.2) is 73.1 Å². The maximum absolute atomic E-state index is 12.7. The molecule has 2 aromatic heterocycles. The molecule has 0 aliphatic carbocycles. The third-order valence-corrected chi connectivity index (χ3v) is 5.94. The number of aromatic nitrogens is 1. The van der Waals surface area contributed by atoms with Gasteiger partial charge in [0.15, 0.2) is 11.5 Å². The highest BCUT2D eigenvalue weighted by molar-refractivity contribution is 7.20. The molecule has 0 aliphatic heterocycles. The van der Waals surface area contributed by atoms with Gasteiger partial charge in [0.2, 0.25) is 0 Å². The van der Waals surface area contributed by atoms with E-state index in [0.29, 0.717) is 23.0 Å². The summed E-state index contributed by atoms with van der Waals surface area (Å²) >= 11 is 1.50. The molecular weight excluding hydrogens is 396 g/mol. The average molecular weight is 419 g/mol. The normalized spacial score (nSPS) is 11.8. The molecule has 1 atom stereocenters. The molecule has 2 heterocycles. The summed E-state index contributed by atoms with van der Waals surface area (Å²) in [5.74, 6) is 1.20. The summed E-state index contributed by atoms with van der Waals surface area (Å²) in [6.45, 7) is 2.38. The number of fused-ring (bicyclic) bond motifs is 1. The molecule has 4 rings (SSSR count). The highest BCUT2D eigenvalue weighted by atomic mass is 32.1. The molecule has 152 valence electrons. The van der Waals surface area contributed by atoms with Crippen molar-refractivity contribution in [3.8, 4) is 11.5 Å². The van der Waals surface area contributed by atoms with Gasteiger partial charge in [-0.3, -0.25) is 9.78 Å². The molecule has 0 bridgehead atoms. The van der Waals surface area contributed by atoms with Crippen molar-refractivity contribution in [2.75, 3.05) is 7.11 Å². The third kappa shape index (κ3) is 4.44. The van der Waals surface area contributed by atoms with Crippen LogP contribution in [0, 0.1) is 0 Å². The van der Waals surface area contributed by atoms with Gasteiger partial charge < -0.3 is 14.8 Å². The van der Waals surface area contributed by atoms with Crippen LogP contribution in [0.1, 0.15) is 33.8 Å². The molecule has 0 saturated heterocycles. The summed E-state index contributed by atoms with van der Waals surface area (Å²) < 4.78 is 12.5. The Morgan fingerprint density at radius 2 is 1.87 bits per heavy atom. The van der Waals surface area contributed by atoms with E-state index >= 15 is 0 Å². The minimum absolute atomic E-state index is 0.0827. The smallest absolute Gasteiger partial charge is 0.261 e. The molecule has 0 spiro atoms. The van der Waals surface area contributed by atoms with Crippen LogP contribution in [0.4, 0.5) is 0 Å². The van der Waals surface area contributed by atoms with E-state index in [4.69, 9.17) is 9.47 Å². The van der Waals surface area contributed by atoms with E-state index in [-0.39, 0.29) is 11.9 Å². The third-order valence-electron chi connectivity index (χ3n) is 4.83. The fourth-order valence-corrected chi connectivity index (χ4v) is 4.12. The molecule has 0 saturated carbocycles. The Bertz CT molecular complexity index is 1120. The van der Waals surface area contributed by atoms with Crippen molar-refractivity contribution in [2.45, 2.75) is 19.6 Å². The van der Waals surface area contributed by atoms with Gasteiger partial charge in [-0.2, -0.15) is 0 Å². The zero-order valence-corrected chi connectivity index (χ0v) is 17.6. The number of amides is 1. The molecule has 0 aliphatic rings. The first-order chi connectivity index (χ1) is 14.6. The van der Waals surface area contributed by atoms with E-state index in [2.05, 4.69) is 10.3 Å². The Hall–Kier alpha value is -3.38. The first-order valence-electron chi connectivity index (χ1n) is 9.63. The monoisotopic (exact) mass is 418 g/mol. The van der Waals surface area contributed by atoms with Crippen LogP contribution in [0.25, 0.3) is 10.1 Å². The predicted molar refractivity (Wildman–Crippen MR) is 119 cm³/mol. The topological polar surface area (TPSA) is 60.5 Å². The number of carbonyl (C=O) groups is 1. The van der Waals surface area contributed by atoms with Gasteiger partial charge >= 0.3 is 0 Å². The largest absolute Gasteiger partial charge is 0.493 e. The predicted octanol–water partition coefficient (Wildman–Crippen LogP) is 5.37. The number of nitrogens with zero attached hydrogens (tertiary/aromatic N) is 1. The van der Waals surface area contributed by atoms with Gasteiger partial charge in [0.05, 0.1) is 18.0 Å². The van der Waals surface area contributed by atoms with E-state index in [9.17, 15) is 4.79 Å². The number of rotatable bonds is 7. The fraction of sp³-hybridized carbons (Fsp3) is 0.167. The van der Waals surface area contributed by atoms with Gasteiger partial charge in [0, 0.05) is 17.1 Å². The minimum atomic E-state index is -0.175. The number of benzene rings is 2. The molecular formula is C24H22N2O3S. The molecule has 2 aromatic carbocycles. The van der Waals surface area contributed by atoms with Gasteiger partial charge in [-0.15, -0.1) is 11.3 Å². The van der Waals surface area contributed by atoms with Crippen molar-refractivity contribution in [2.24, 2.45) is 0 Å². The number of pyridine rings is 1. The van der Waals surface area contributed by atoms with E-state index in [1.807, 2.05) is 67.6 Å². The second-order valence-electron chi connectivity index (χ2n) is 6.90. The van der Waals surface area contributed by atoms with Crippen molar-refractivity contribution in [1.82, 2.24) is 10.3 Å². The van der Waals surface area contributed by atoms with Crippen LogP contribution in [-0.4, -0.2) is 18.0 Å². The molecule has 4 aromatic rings. The van der Waals surface area contributed by atoms with Gasteiger partial charge in [-0.05, 0) is 59.8 Å². The first-order valence-corrected chi connectivity index (χ1v) is 10.4. The summed E-state index contributed by atoms with van der Waals surface area (Å²) in [7, 11) is 1.61. The highest BCUT2D eigenvalue weighted by Crippen LogP contribution is 2.31. The Balaban J connectivity index is 1.45. The van der Waals surface area contributed by atoms with Gasteiger partial charge in [-0.1, -0.05) is 24.3 Å². The van der Waals surface area contributed by atoms with Crippen LogP contribution in [0.2, 0.25) is 0 Å². The zero-order valence-electron chi connectivity index (χ0n) is 16.8. The Morgan fingerprint density at radius 3 is 2.63 bits per heavy atom. The number of hydrogen-bond acceptors (Lipinski definition) is 5. The summed E-state index contributed by atoms with van der Waals surface area (Å²) in [5.41, 5.74) is 1.97. The lowest BCUT2D eigenvalue weighted by Gasteiger charge is -2.17. The van der Waals surface area contributed by atoms with Crippen LogP contribution in [0.3, 0.4) is 0 Å². The van der Waals surface area contributed by atoms with Crippen molar-refractivity contribution in [1.29, 1.82) is 0 Å². The van der Waals surface area contributed by atoms with E-state index in [1.54, 1.807) is 19.5 Å². The summed E-state index contributed by atoms with van der Waals surface area (Å²) in [6, 6.07) is 19.3. The van der Waals surface area contributed by atoms with Gasteiger partial charge in [0.1, 0.15) is 6.61 Å². The SMILES string of the molecule is COc1cc([C@@H](C)NC(=O)c2cc3ccccc3s2)ccc1OCc1ccncc1. The number of methoxy groups -OCH3 is 1. The Morgan fingerprint density at radius 1 is 1.07 bits per heavy atom. The molecule has 0 unspecified atom stereocenters. The lowest BCUT2D eigenvalue weighted by atomic mass is 10.1. The van der Waals surface area contributed by atoms with E-state index in [0.717, 1.165) is 21.2 Å². The quantitative estimate of drug-likeness (QED) is 0.438. The number of thiophene rings is 1. The molecule has 30 heavy (non-hydrogen) atoms. The van der Waals surface area contributed by atoms with Crippen molar-refractivity contribution in [3.63, 3.8) is 0 Å². The molecule has 0 fully saturated rings. The molecule has 0 radical (unpaired) electrons. The van der Waals surface area contributed by atoms with Crippen LogP contribution in [-0.2, 0) is 6.61 Å². The summed E-state index contributed by atoms with van der Waals surface area (Å²) in [4.78, 5) is 17.4. The van der Waals surface area contributed by atoms with Crippen LogP contribution < -0.4 is 14.8 Å². The maximum atomic E-state index is 12.7. The molecule has 6 heteroatoms. The second kappa shape index (κ2) is 8.97. The average Bonchev–Trinajstić information content (AvgIpc) is 3.23. The van der Waals surface area contributed by atoms with Crippen molar-refractivity contribution >= 4 is 27.3 Å². The lowest BCUT2D eigenvalue weighted by molar-refractivity contribution is 0.0944. The zero-order chi connectivity index (χ0) is 20.9. The van der Waals surface area contributed by atoms with E-state index in [1.165, 1.54) is 11.3 Å². The second-order valence-corrected chi connectivity index (χ2v) is 7.98. The molecule has 1 N–H and O–H groups in total. The summed E-state index contributed by atoms with van der Waals surface area (Å²) in [6.07, 6.45) is 3.47. The highest BCUT2D eigenvalue weighted by Gasteiger charge is 2.16. The van der Waals surface area contributed by atoms with E-state index < -0.39 is 0 Å². The van der Waals surface area contributed by atoms with Crippen molar-refractivity contribution in [3.05, 3.63) is 89.1 Å². The standard InChI is InChI=1S/C24H22N2O3S/c1-16(26-24(27)23-14-19-5-3-4-6-22(19)30-23)18-7-8-20(21(13-18)28-2)29-15-17-9-11-25-12-10-17/h3-14,16H,15H2,1-2H3,(H,26,27)/t16-/m1/s1. The molecule has 1 amide bonds. The Kier molecular flexibility index (Phi) is 5.95. The van der Waals surface area contributed by atoms with Gasteiger partial charge in [0.25, 0.3) is 5.91 Å². The number of ether oxygens (including phenoxy) is 2. The lowest BCUT2D eigenvalue weighted by Crippen LogP contribution is -2.25. The van der Waals surface area contributed by atoms with Gasteiger partial charge in [-0.25, -0.2) is 0 Å². The minimum Gasteiger partial charge on any atom is -0.493 e. The maximum Gasteiger partial charge on any atom is 0.261 e. The first kappa shape index (κ1) is 19.9. The van der Waals surface area contributed by atoms with Crippen molar-refractivity contribution < 1.29 is 14.3 Å². The van der Waals surface area contributed by atoms with Crippen LogP contribution >= 0.6 is 11.3 Å². The van der Waals surface area contributed by atoms with Crippen LogP contribution in [0.5, 0.6) is 11.5 Å². The summed E-state index contributed by atoms with van der Waals surface area (Å²) in [5, 5.41) is 4.15.